The Balaban J connectivity index is 2.11. The molecule has 2 aromatic heterocycles. The van der Waals surface area contributed by atoms with Crippen molar-refractivity contribution in [2.45, 2.75) is 12.5 Å². The lowest BCUT2D eigenvalue weighted by Crippen LogP contribution is -2.32. The quantitative estimate of drug-likeness (QED) is 0.774. The van der Waals surface area contributed by atoms with Crippen molar-refractivity contribution in [1.29, 1.82) is 0 Å². The molecule has 1 unspecified atom stereocenters. The molecule has 0 aliphatic rings. The maximum absolute atomic E-state index is 13.0. The highest BCUT2D eigenvalue weighted by atomic mass is 32.1. The van der Waals surface area contributed by atoms with Gasteiger partial charge in [-0.05, 0) is 24.3 Å². The molecular weight excluding hydrogens is 293 g/mol. The smallest absolute Gasteiger partial charge is 0.320 e. The summed E-state index contributed by atoms with van der Waals surface area (Å²) in [7, 11) is 0. The molecule has 0 saturated heterocycles. The van der Waals surface area contributed by atoms with E-state index in [-0.39, 0.29) is 12.2 Å². The number of aliphatic carboxylic acids is 1. The Kier molecular flexibility index (Phi) is 3.44. The summed E-state index contributed by atoms with van der Waals surface area (Å²) >= 11 is 1.45. The highest BCUT2D eigenvalue weighted by Gasteiger charge is 2.20. The van der Waals surface area contributed by atoms with Crippen molar-refractivity contribution >= 4 is 22.3 Å². The van der Waals surface area contributed by atoms with Gasteiger partial charge in [0.2, 0.25) is 0 Å². The maximum Gasteiger partial charge on any atom is 0.320 e. The molecular formula is C14H12FN3O2S. The van der Waals surface area contributed by atoms with Crippen LogP contribution in [0, 0.1) is 5.82 Å². The lowest BCUT2D eigenvalue weighted by atomic mass is 10.1. The molecule has 0 aliphatic carbocycles. The van der Waals surface area contributed by atoms with Crippen LogP contribution in [-0.2, 0) is 11.2 Å². The van der Waals surface area contributed by atoms with Crippen molar-refractivity contribution in [3.63, 3.8) is 0 Å². The number of thiazole rings is 1. The Morgan fingerprint density at radius 3 is 2.81 bits per heavy atom. The van der Waals surface area contributed by atoms with Crippen LogP contribution in [0.3, 0.4) is 0 Å². The van der Waals surface area contributed by atoms with E-state index in [9.17, 15) is 9.18 Å². The summed E-state index contributed by atoms with van der Waals surface area (Å²) in [4.78, 5) is 16.2. The number of benzene rings is 1. The van der Waals surface area contributed by atoms with Gasteiger partial charge in [0.1, 0.15) is 11.9 Å². The molecule has 1 aromatic carbocycles. The first-order valence-corrected chi connectivity index (χ1v) is 7.13. The summed E-state index contributed by atoms with van der Waals surface area (Å²) in [6.45, 7) is 0. The number of fused-ring (bicyclic) bond motifs is 1. The number of nitrogens with two attached hydrogens (primary N) is 1. The fourth-order valence-corrected chi connectivity index (χ4v) is 2.90. The number of hydrogen-bond donors (Lipinski definition) is 2. The number of halogens is 1. The Bertz CT molecular complexity index is 794. The van der Waals surface area contributed by atoms with Crippen LogP contribution < -0.4 is 5.73 Å². The molecule has 3 aromatic rings. The molecule has 3 N–H and O–H groups in total. The van der Waals surface area contributed by atoms with Gasteiger partial charge < -0.3 is 10.8 Å². The van der Waals surface area contributed by atoms with E-state index in [2.05, 4.69) is 4.98 Å². The Hall–Kier alpha value is -2.25. The largest absolute Gasteiger partial charge is 0.480 e. The first-order valence-electron chi connectivity index (χ1n) is 6.25. The molecule has 7 heteroatoms. The van der Waals surface area contributed by atoms with E-state index in [4.69, 9.17) is 10.8 Å². The number of hydrogen-bond acceptors (Lipinski definition) is 4. The normalized spacial score (nSPS) is 12.7. The van der Waals surface area contributed by atoms with Crippen molar-refractivity contribution in [1.82, 2.24) is 9.38 Å². The zero-order valence-electron chi connectivity index (χ0n) is 10.9. The second-order valence-corrected chi connectivity index (χ2v) is 5.49. The van der Waals surface area contributed by atoms with Crippen molar-refractivity contribution in [3.8, 4) is 11.3 Å². The lowest BCUT2D eigenvalue weighted by Gasteiger charge is -2.08. The highest BCUT2D eigenvalue weighted by Crippen LogP contribution is 2.27. The third-order valence-electron chi connectivity index (χ3n) is 3.21. The number of carbonyl (C=O) groups is 1. The number of aromatic nitrogens is 2. The van der Waals surface area contributed by atoms with Gasteiger partial charge in [0.05, 0.1) is 11.4 Å². The zero-order chi connectivity index (χ0) is 15.0. The average Bonchev–Trinajstić information content (AvgIpc) is 3.02. The summed E-state index contributed by atoms with van der Waals surface area (Å²) in [6.07, 6.45) is 1.98. The van der Waals surface area contributed by atoms with Crippen LogP contribution in [0.4, 0.5) is 4.39 Å². The van der Waals surface area contributed by atoms with Gasteiger partial charge >= 0.3 is 5.97 Å². The van der Waals surface area contributed by atoms with Crippen LogP contribution in [0.15, 0.2) is 35.8 Å². The van der Waals surface area contributed by atoms with Crippen LogP contribution in [0.5, 0.6) is 0 Å². The minimum absolute atomic E-state index is 0.153. The molecule has 5 nitrogen and oxygen atoms in total. The second-order valence-electron chi connectivity index (χ2n) is 4.62. The molecule has 0 saturated carbocycles. The van der Waals surface area contributed by atoms with Gasteiger partial charge in [0.25, 0.3) is 0 Å². The standard InChI is InChI=1S/C14H12FN3O2S/c15-9-3-1-8(2-4-9)12-11(7-10(16)13(19)20)18-5-6-21-14(18)17-12/h1-6,10H,7,16H2,(H,19,20). The fourth-order valence-electron chi connectivity index (χ4n) is 2.16. The highest BCUT2D eigenvalue weighted by molar-refractivity contribution is 7.15. The summed E-state index contributed by atoms with van der Waals surface area (Å²) in [5.74, 6) is -1.39. The summed E-state index contributed by atoms with van der Waals surface area (Å²) in [6, 6.07) is 4.94. The van der Waals surface area contributed by atoms with E-state index in [1.165, 1.54) is 23.5 Å². The molecule has 0 spiro atoms. The van der Waals surface area contributed by atoms with Gasteiger partial charge in [0, 0.05) is 23.6 Å². The number of rotatable bonds is 4. The Labute approximate surface area is 123 Å². The Morgan fingerprint density at radius 1 is 1.43 bits per heavy atom. The monoisotopic (exact) mass is 305 g/mol. The number of imidazole rings is 1. The first-order chi connectivity index (χ1) is 10.1. The summed E-state index contributed by atoms with van der Waals surface area (Å²) in [5.41, 5.74) is 7.73. The zero-order valence-corrected chi connectivity index (χ0v) is 11.7. The minimum atomic E-state index is -1.06. The van der Waals surface area contributed by atoms with E-state index < -0.39 is 12.0 Å². The third kappa shape index (κ3) is 2.53. The van der Waals surface area contributed by atoms with Crippen LogP contribution in [0.1, 0.15) is 5.69 Å². The van der Waals surface area contributed by atoms with Crippen LogP contribution in [0.25, 0.3) is 16.2 Å². The van der Waals surface area contributed by atoms with E-state index >= 15 is 0 Å². The van der Waals surface area contributed by atoms with Crippen LogP contribution in [0.2, 0.25) is 0 Å². The summed E-state index contributed by atoms with van der Waals surface area (Å²) in [5, 5.41) is 10.9. The third-order valence-corrected chi connectivity index (χ3v) is 3.97. The van der Waals surface area contributed by atoms with Gasteiger partial charge in [-0.2, -0.15) is 0 Å². The predicted molar refractivity (Wildman–Crippen MR) is 77.8 cm³/mol. The van der Waals surface area contributed by atoms with Crippen LogP contribution >= 0.6 is 11.3 Å². The van der Waals surface area contributed by atoms with E-state index in [0.29, 0.717) is 11.4 Å². The van der Waals surface area contributed by atoms with Crippen molar-refractivity contribution in [3.05, 3.63) is 47.4 Å². The predicted octanol–water partition coefficient (Wildman–Crippen LogP) is 2.16. The van der Waals surface area contributed by atoms with E-state index in [0.717, 1.165) is 10.5 Å². The number of nitrogens with zero attached hydrogens (tertiary/aromatic N) is 2. The van der Waals surface area contributed by atoms with Gasteiger partial charge in [-0.1, -0.05) is 0 Å². The molecule has 0 aliphatic heterocycles. The topological polar surface area (TPSA) is 80.6 Å². The van der Waals surface area contributed by atoms with Gasteiger partial charge in [-0.3, -0.25) is 9.20 Å². The van der Waals surface area contributed by atoms with Gasteiger partial charge in [-0.25, -0.2) is 9.37 Å². The van der Waals surface area contributed by atoms with Crippen molar-refractivity contribution in [2.75, 3.05) is 0 Å². The first kappa shape index (κ1) is 13.7. The molecule has 0 fully saturated rings. The fraction of sp³-hybridized carbons (Fsp3) is 0.143. The van der Waals surface area contributed by atoms with Gasteiger partial charge in [0.15, 0.2) is 4.96 Å². The minimum Gasteiger partial charge on any atom is -0.480 e. The summed E-state index contributed by atoms with van der Waals surface area (Å²) < 4.78 is 14.9. The maximum atomic E-state index is 13.0. The van der Waals surface area contributed by atoms with E-state index in [1.807, 2.05) is 16.0 Å². The SMILES string of the molecule is NC(Cc1c(-c2ccc(F)cc2)nc2sccn12)C(=O)O. The number of carboxylic acids is 1. The molecule has 108 valence electrons. The second kappa shape index (κ2) is 5.27. The molecule has 0 radical (unpaired) electrons. The molecule has 0 amide bonds. The van der Waals surface area contributed by atoms with Crippen molar-refractivity contribution in [2.24, 2.45) is 5.73 Å². The molecule has 2 heterocycles. The van der Waals surface area contributed by atoms with Crippen molar-refractivity contribution < 1.29 is 14.3 Å². The van der Waals surface area contributed by atoms with Gasteiger partial charge in [-0.15, -0.1) is 11.3 Å². The molecule has 21 heavy (non-hydrogen) atoms. The van der Waals surface area contributed by atoms with Crippen LogP contribution in [-0.4, -0.2) is 26.5 Å². The molecule has 0 bridgehead atoms. The molecule has 1 atom stereocenters. The number of carboxylic acid groups (broad SMARTS) is 1. The molecule has 3 rings (SSSR count). The average molecular weight is 305 g/mol. The Morgan fingerprint density at radius 2 is 2.14 bits per heavy atom. The lowest BCUT2D eigenvalue weighted by molar-refractivity contribution is -0.138. The van der Waals surface area contributed by atoms with E-state index in [1.54, 1.807) is 12.1 Å².